The highest BCUT2D eigenvalue weighted by Crippen LogP contribution is 2.43. The Balaban J connectivity index is 1.91. The molecule has 4 aromatic rings. The van der Waals surface area contributed by atoms with Crippen molar-refractivity contribution >= 4 is 22.7 Å². The Morgan fingerprint density at radius 2 is 0.712 bits per heavy atom. The fourth-order valence-electron chi connectivity index (χ4n) is 6.74. The van der Waals surface area contributed by atoms with E-state index in [1.165, 1.54) is 69.9 Å². The summed E-state index contributed by atoms with van der Waals surface area (Å²) in [6.45, 7) is 2.28. The molecule has 0 aliphatic heterocycles. The molecule has 4 aromatic carbocycles. The number of unbranched alkanes of at least 4 members (excludes halogenated alkanes) is 2. The highest BCUT2D eigenvalue weighted by molar-refractivity contribution is 5.62. The highest BCUT2D eigenvalue weighted by Gasteiger charge is 2.28. The normalized spacial score (nSPS) is 12.1. The number of ether oxygens (including phenoxy) is 4. The number of rotatable bonds is 12. The topological polar surface area (TPSA) is 209 Å². The van der Waals surface area contributed by atoms with E-state index in [9.17, 15) is 40.5 Å². The minimum absolute atomic E-state index is 0.107. The van der Waals surface area contributed by atoms with E-state index in [1.54, 1.807) is 0 Å². The predicted molar refractivity (Wildman–Crippen MR) is 188 cm³/mol. The molecule has 0 amide bonds. The molecule has 1 aliphatic rings. The molecule has 0 atom stereocenters. The van der Waals surface area contributed by atoms with Crippen molar-refractivity contribution in [1.29, 1.82) is 0 Å². The molecular formula is C36H36N4O12. The van der Waals surface area contributed by atoms with Crippen LogP contribution in [-0.4, -0.2) is 47.6 Å². The van der Waals surface area contributed by atoms with Crippen molar-refractivity contribution in [3.8, 4) is 23.0 Å². The Labute approximate surface area is 297 Å². The molecule has 8 bridgehead atoms. The van der Waals surface area contributed by atoms with Crippen LogP contribution >= 0.6 is 0 Å². The second-order valence-electron chi connectivity index (χ2n) is 12.3. The Morgan fingerprint density at radius 1 is 0.462 bits per heavy atom. The van der Waals surface area contributed by atoms with Crippen LogP contribution in [0.5, 0.6) is 23.0 Å². The number of hydrogen-bond donors (Lipinski definition) is 0. The second kappa shape index (κ2) is 15.7. The molecule has 0 fully saturated rings. The summed E-state index contributed by atoms with van der Waals surface area (Å²) in [5.41, 5.74) is 1.31. The van der Waals surface area contributed by atoms with Crippen LogP contribution in [0.2, 0.25) is 0 Å². The third-order valence-electron chi connectivity index (χ3n) is 8.88. The maximum Gasteiger partial charge on any atom is 0.270 e. The van der Waals surface area contributed by atoms with Gasteiger partial charge in [-0.1, -0.05) is 19.8 Å². The average molecular weight is 717 g/mol. The number of hydrogen-bond acceptors (Lipinski definition) is 12. The molecule has 272 valence electrons. The molecule has 16 nitrogen and oxygen atoms in total. The summed E-state index contributed by atoms with van der Waals surface area (Å²) in [5.74, 6) is 0.994. The number of non-ortho nitro benzene ring substituents is 4. The lowest BCUT2D eigenvalue weighted by atomic mass is 9.90. The molecule has 0 spiro atoms. The van der Waals surface area contributed by atoms with E-state index in [1.807, 2.05) is 6.92 Å². The van der Waals surface area contributed by atoms with Gasteiger partial charge in [0.05, 0.1) is 47.6 Å². The lowest BCUT2D eigenvalue weighted by Gasteiger charge is -2.21. The van der Waals surface area contributed by atoms with Gasteiger partial charge in [-0.05, 0) is 6.42 Å². The SMILES string of the molecule is CCCCCOc1c2cc([N+](=O)[O-])cc1Cc1cc([N+](=O)[O-])cc(c1OC)Cc1cc([N+](=O)[O-])cc(c1OC)Cc1cc([N+](=O)[O-])cc(c1OC)C2. The smallest absolute Gasteiger partial charge is 0.270 e. The van der Waals surface area contributed by atoms with E-state index in [0.29, 0.717) is 56.7 Å². The molecule has 0 saturated carbocycles. The first-order valence-corrected chi connectivity index (χ1v) is 16.3. The molecular weight excluding hydrogens is 680 g/mol. The largest absolute Gasteiger partial charge is 0.496 e. The molecule has 0 saturated heterocycles. The maximum atomic E-state index is 12.3. The van der Waals surface area contributed by atoms with Crippen LogP contribution < -0.4 is 18.9 Å². The Morgan fingerprint density at radius 3 is 0.923 bits per heavy atom. The lowest BCUT2D eigenvalue weighted by Crippen LogP contribution is -2.10. The number of fused-ring (bicyclic) bond motifs is 8. The minimum atomic E-state index is -0.585. The molecule has 0 aromatic heterocycles. The summed E-state index contributed by atoms with van der Waals surface area (Å²) in [6, 6.07) is 10.5. The minimum Gasteiger partial charge on any atom is -0.496 e. The molecule has 1 aliphatic carbocycles. The fraction of sp³-hybridized carbons (Fsp3) is 0.333. The van der Waals surface area contributed by atoms with Crippen molar-refractivity contribution in [3.05, 3.63) is 133 Å². The van der Waals surface area contributed by atoms with E-state index in [4.69, 9.17) is 18.9 Å². The summed E-state index contributed by atoms with van der Waals surface area (Å²) in [4.78, 5) is 46.7. The second-order valence-corrected chi connectivity index (χ2v) is 12.3. The van der Waals surface area contributed by atoms with Gasteiger partial charge in [-0.15, -0.1) is 0 Å². The third kappa shape index (κ3) is 7.70. The zero-order valence-corrected chi connectivity index (χ0v) is 29.0. The fourth-order valence-corrected chi connectivity index (χ4v) is 6.74. The molecule has 0 unspecified atom stereocenters. The van der Waals surface area contributed by atoms with Gasteiger partial charge in [0, 0.05) is 119 Å². The Hall–Kier alpha value is -6.32. The van der Waals surface area contributed by atoms with Crippen LogP contribution in [0.15, 0.2) is 48.5 Å². The first kappa shape index (κ1) is 36.9. The van der Waals surface area contributed by atoms with Gasteiger partial charge in [0.25, 0.3) is 22.7 Å². The van der Waals surface area contributed by atoms with Gasteiger partial charge < -0.3 is 18.9 Å². The van der Waals surface area contributed by atoms with Crippen molar-refractivity contribution in [2.24, 2.45) is 0 Å². The number of benzene rings is 4. The van der Waals surface area contributed by atoms with Crippen molar-refractivity contribution < 1.29 is 38.6 Å². The summed E-state index contributed by atoms with van der Waals surface area (Å²) < 4.78 is 23.8. The number of nitro groups is 4. The van der Waals surface area contributed by atoms with E-state index >= 15 is 0 Å². The molecule has 0 radical (unpaired) electrons. The first-order valence-electron chi connectivity index (χ1n) is 16.3. The van der Waals surface area contributed by atoms with Gasteiger partial charge in [-0.2, -0.15) is 0 Å². The maximum absolute atomic E-state index is 12.3. The van der Waals surface area contributed by atoms with Gasteiger partial charge in [0.1, 0.15) is 23.0 Å². The van der Waals surface area contributed by atoms with Gasteiger partial charge in [0.15, 0.2) is 0 Å². The molecule has 52 heavy (non-hydrogen) atoms. The van der Waals surface area contributed by atoms with Crippen LogP contribution in [0.4, 0.5) is 22.7 Å². The van der Waals surface area contributed by atoms with Gasteiger partial charge in [-0.3, -0.25) is 40.5 Å². The quantitative estimate of drug-likeness (QED) is 0.0694. The zero-order chi connectivity index (χ0) is 37.7. The number of methoxy groups -OCH3 is 3. The van der Waals surface area contributed by atoms with Crippen LogP contribution in [0.1, 0.15) is 70.7 Å². The summed E-state index contributed by atoms with van der Waals surface area (Å²) in [6.07, 6.45) is 1.98. The molecule has 0 N–H and O–H groups in total. The van der Waals surface area contributed by atoms with E-state index in [2.05, 4.69) is 0 Å². The van der Waals surface area contributed by atoms with Crippen molar-refractivity contribution in [2.45, 2.75) is 51.9 Å². The predicted octanol–water partition coefficient (Wildman–Crippen LogP) is 7.59. The number of nitrogens with zero attached hydrogens (tertiary/aromatic N) is 4. The van der Waals surface area contributed by atoms with Crippen molar-refractivity contribution in [2.75, 3.05) is 27.9 Å². The first-order chi connectivity index (χ1) is 24.9. The third-order valence-corrected chi connectivity index (χ3v) is 8.88. The average Bonchev–Trinajstić information content (AvgIpc) is 3.09. The Bertz CT molecular complexity index is 1960. The van der Waals surface area contributed by atoms with Crippen LogP contribution in [0.25, 0.3) is 0 Å². The monoisotopic (exact) mass is 716 g/mol. The van der Waals surface area contributed by atoms with Gasteiger partial charge in [0.2, 0.25) is 0 Å². The number of nitro benzene ring substituents is 4. The van der Waals surface area contributed by atoms with Crippen LogP contribution in [-0.2, 0) is 25.7 Å². The lowest BCUT2D eigenvalue weighted by molar-refractivity contribution is -0.385. The van der Waals surface area contributed by atoms with Crippen molar-refractivity contribution in [1.82, 2.24) is 0 Å². The highest BCUT2D eigenvalue weighted by atomic mass is 16.6. The molecule has 16 heteroatoms. The summed E-state index contributed by atoms with van der Waals surface area (Å²) >= 11 is 0. The molecule has 0 heterocycles. The van der Waals surface area contributed by atoms with Crippen LogP contribution in [0.3, 0.4) is 0 Å². The summed E-state index contributed by atoms with van der Waals surface area (Å²) in [5, 5.41) is 49.0. The zero-order valence-electron chi connectivity index (χ0n) is 29.0. The van der Waals surface area contributed by atoms with Gasteiger partial charge >= 0.3 is 0 Å². The Kier molecular flexibility index (Phi) is 11.2. The van der Waals surface area contributed by atoms with Crippen LogP contribution in [0, 0.1) is 40.5 Å². The van der Waals surface area contributed by atoms with Crippen molar-refractivity contribution in [3.63, 3.8) is 0 Å². The van der Waals surface area contributed by atoms with E-state index < -0.39 is 19.7 Å². The molecule has 5 rings (SSSR count). The van der Waals surface area contributed by atoms with Gasteiger partial charge in [-0.25, -0.2) is 0 Å². The summed E-state index contributed by atoms with van der Waals surface area (Å²) in [7, 11) is 4.14. The standard InChI is InChI=1S/C36H36N4O12/c1-5-6-7-8-52-36-27-11-25-17-30(38(43)44)15-23(34(25)50-3)9-21-13-29(37(41)42)14-22(33(21)49-2)10-24-16-31(39(45)46)18-26(35(24)51-4)12-28(36)20-32(19-27)40(47)48/h13-20H,5-12H2,1-4H3. The van der Waals surface area contributed by atoms with E-state index in [0.717, 1.165) is 12.8 Å². The van der Waals surface area contributed by atoms with E-state index in [-0.39, 0.29) is 72.3 Å².